The van der Waals surface area contributed by atoms with Gasteiger partial charge in [0.1, 0.15) is 0 Å². The van der Waals surface area contributed by atoms with Gasteiger partial charge in [-0.05, 0) is 79.3 Å². The molecule has 5 rings (SSSR count). The van der Waals surface area contributed by atoms with E-state index in [4.69, 9.17) is 16.6 Å². The lowest BCUT2D eigenvalue weighted by Crippen LogP contribution is -2.52. The van der Waals surface area contributed by atoms with Crippen molar-refractivity contribution < 1.29 is 5.02 Å². The largest absolute Gasteiger partial charge is 0.437 e. The van der Waals surface area contributed by atoms with Crippen LogP contribution in [0.5, 0.6) is 0 Å². The Hall–Kier alpha value is -1.70. The number of pyridine rings is 1. The number of benzene rings is 1. The van der Waals surface area contributed by atoms with Gasteiger partial charge in [0, 0.05) is 43.9 Å². The number of likely N-dealkylation sites (tertiary alicyclic amines) is 1. The Morgan fingerprint density at radius 2 is 1.84 bits per heavy atom. The van der Waals surface area contributed by atoms with E-state index in [0.29, 0.717) is 0 Å². The van der Waals surface area contributed by atoms with E-state index in [9.17, 15) is 5.02 Å². The second-order valence-corrected chi connectivity index (χ2v) is 9.76. The molecule has 0 amide bonds. The van der Waals surface area contributed by atoms with Crippen LogP contribution in [0, 0.1) is 0 Å². The highest BCUT2D eigenvalue weighted by Crippen LogP contribution is 2.40. The number of aromatic nitrogens is 1. The van der Waals surface area contributed by atoms with Gasteiger partial charge >= 0.3 is 7.05 Å². The fourth-order valence-electron chi connectivity index (χ4n) is 5.47. The molecule has 2 saturated heterocycles. The number of rotatable bonds is 4. The van der Waals surface area contributed by atoms with E-state index >= 15 is 0 Å². The van der Waals surface area contributed by atoms with Gasteiger partial charge in [0.15, 0.2) is 0 Å². The summed E-state index contributed by atoms with van der Waals surface area (Å²) in [6, 6.07) is 10.7. The van der Waals surface area contributed by atoms with Crippen molar-refractivity contribution in [1.82, 2.24) is 19.6 Å². The van der Waals surface area contributed by atoms with Crippen molar-refractivity contribution in [2.75, 3.05) is 45.8 Å². The molecule has 168 valence electrons. The second kappa shape index (κ2) is 9.66. The first kappa shape index (κ1) is 22.1. The molecule has 3 aliphatic rings. The molecule has 0 spiro atoms. The third-order valence-electron chi connectivity index (χ3n) is 7.20. The van der Waals surface area contributed by atoms with E-state index in [1.165, 1.54) is 41.5 Å². The molecule has 0 saturated carbocycles. The third-order valence-corrected chi connectivity index (χ3v) is 7.44. The normalized spacial score (nSPS) is 22.6. The second-order valence-electron chi connectivity index (χ2n) is 9.32. The van der Waals surface area contributed by atoms with Crippen molar-refractivity contribution in [3.05, 3.63) is 63.9 Å². The van der Waals surface area contributed by atoms with Gasteiger partial charge in [0.2, 0.25) is 0 Å². The van der Waals surface area contributed by atoms with E-state index in [0.717, 1.165) is 56.5 Å². The zero-order valence-electron chi connectivity index (χ0n) is 18.9. The van der Waals surface area contributed by atoms with Gasteiger partial charge in [-0.3, -0.25) is 14.8 Å². The Balaban J connectivity index is 1.55. The van der Waals surface area contributed by atoms with Crippen molar-refractivity contribution in [2.24, 2.45) is 0 Å². The van der Waals surface area contributed by atoms with Crippen LogP contribution >= 0.6 is 11.6 Å². The number of hydrogen-bond donors (Lipinski definition) is 1. The zero-order chi connectivity index (χ0) is 22.1. The standard InChI is InChI=1S/C25H32BClN4O/c1-26(32)31-14-12-30(13-15-31)25-22-8-7-21(27)17-23(22)20(18-29-10-3-2-4-11-29)16-19-6-5-9-28-24(19)25/h5-9,16-17,25,32H,2-4,10-15,18H2,1H3. The molecule has 0 radical (unpaired) electrons. The summed E-state index contributed by atoms with van der Waals surface area (Å²) in [5, 5.41) is 10.8. The van der Waals surface area contributed by atoms with Gasteiger partial charge in [-0.1, -0.05) is 30.2 Å². The Bertz CT molecular complexity index is 984. The average Bonchev–Trinajstić information content (AvgIpc) is 2.94. The van der Waals surface area contributed by atoms with E-state index in [2.05, 4.69) is 38.9 Å². The average molecular weight is 451 g/mol. The quantitative estimate of drug-likeness (QED) is 0.716. The molecule has 2 aromatic rings. The van der Waals surface area contributed by atoms with Crippen LogP contribution in [0.15, 0.2) is 36.5 Å². The predicted octanol–water partition coefficient (Wildman–Crippen LogP) is 3.89. The summed E-state index contributed by atoms with van der Waals surface area (Å²) in [5.41, 5.74) is 6.21. The molecule has 0 bridgehead atoms. The highest BCUT2D eigenvalue weighted by molar-refractivity contribution is 6.45. The lowest BCUT2D eigenvalue weighted by atomic mass is 9.84. The third kappa shape index (κ3) is 4.52. The summed E-state index contributed by atoms with van der Waals surface area (Å²) in [6.07, 6.45) is 8.16. The van der Waals surface area contributed by atoms with Crippen LogP contribution in [0.2, 0.25) is 11.8 Å². The lowest BCUT2D eigenvalue weighted by Gasteiger charge is -2.40. The number of piperazine rings is 1. The van der Waals surface area contributed by atoms with Crippen molar-refractivity contribution in [3.8, 4) is 0 Å². The van der Waals surface area contributed by atoms with Gasteiger partial charge < -0.3 is 9.83 Å². The van der Waals surface area contributed by atoms with Gasteiger partial charge in [-0.2, -0.15) is 0 Å². The molecule has 1 aliphatic carbocycles. The summed E-state index contributed by atoms with van der Waals surface area (Å²) in [6.45, 7) is 8.64. The van der Waals surface area contributed by atoms with Crippen LogP contribution in [0.4, 0.5) is 0 Å². The van der Waals surface area contributed by atoms with Crippen molar-refractivity contribution >= 4 is 30.3 Å². The van der Waals surface area contributed by atoms with Crippen LogP contribution in [0.3, 0.4) is 0 Å². The molecule has 1 atom stereocenters. The number of fused-ring (bicyclic) bond motifs is 2. The smallest absolute Gasteiger partial charge is 0.376 e. The molecule has 2 aliphatic heterocycles. The molecular weight excluding hydrogens is 419 g/mol. The van der Waals surface area contributed by atoms with Gasteiger partial charge in [-0.15, -0.1) is 0 Å². The Morgan fingerprint density at radius 3 is 2.59 bits per heavy atom. The first-order chi connectivity index (χ1) is 15.6. The summed E-state index contributed by atoms with van der Waals surface area (Å²) in [5.74, 6) is 0. The van der Waals surface area contributed by atoms with Crippen LogP contribution in [0.1, 0.15) is 47.7 Å². The lowest BCUT2D eigenvalue weighted by molar-refractivity contribution is 0.144. The number of nitrogens with zero attached hydrogens (tertiary/aromatic N) is 4. The molecule has 1 N–H and O–H groups in total. The summed E-state index contributed by atoms with van der Waals surface area (Å²) in [7, 11) is -0.402. The molecule has 5 nitrogen and oxygen atoms in total. The predicted molar refractivity (Wildman–Crippen MR) is 133 cm³/mol. The van der Waals surface area contributed by atoms with Crippen molar-refractivity contribution in [2.45, 2.75) is 32.1 Å². The van der Waals surface area contributed by atoms with E-state index in [1.807, 2.05) is 25.2 Å². The first-order valence-corrected chi connectivity index (χ1v) is 12.3. The molecule has 1 aromatic heterocycles. The molecule has 1 unspecified atom stereocenters. The number of halogens is 1. The summed E-state index contributed by atoms with van der Waals surface area (Å²) >= 11 is 6.53. The Morgan fingerprint density at radius 1 is 1.06 bits per heavy atom. The first-order valence-electron chi connectivity index (χ1n) is 11.9. The molecule has 32 heavy (non-hydrogen) atoms. The molecular formula is C25H32BClN4O. The van der Waals surface area contributed by atoms with E-state index in [1.54, 1.807) is 0 Å². The van der Waals surface area contributed by atoms with Crippen molar-refractivity contribution in [3.63, 3.8) is 0 Å². The highest BCUT2D eigenvalue weighted by atomic mass is 35.5. The molecule has 3 heterocycles. The van der Waals surface area contributed by atoms with Crippen LogP contribution in [0.25, 0.3) is 11.6 Å². The van der Waals surface area contributed by atoms with Crippen molar-refractivity contribution in [1.29, 1.82) is 0 Å². The summed E-state index contributed by atoms with van der Waals surface area (Å²) in [4.78, 5) is 12.1. The zero-order valence-corrected chi connectivity index (χ0v) is 19.6. The van der Waals surface area contributed by atoms with E-state index < -0.39 is 7.05 Å². The minimum Gasteiger partial charge on any atom is -0.437 e. The van der Waals surface area contributed by atoms with Gasteiger partial charge in [-0.25, -0.2) is 0 Å². The van der Waals surface area contributed by atoms with Crippen LogP contribution in [-0.4, -0.2) is 77.5 Å². The van der Waals surface area contributed by atoms with Crippen LogP contribution < -0.4 is 0 Å². The number of piperidine rings is 1. The monoisotopic (exact) mass is 450 g/mol. The highest BCUT2D eigenvalue weighted by Gasteiger charge is 2.34. The van der Waals surface area contributed by atoms with Gasteiger partial charge in [0.25, 0.3) is 0 Å². The SMILES string of the molecule is CB(O)N1CCN(C2c3ccc(Cl)cc3C(CN3CCCCC3)=Cc3cccnc32)CC1. The maximum atomic E-state index is 10.0. The summed E-state index contributed by atoms with van der Waals surface area (Å²) < 4.78 is 0. The fraction of sp³-hybridized carbons (Fsp3) is 0.480. The minimum atomic E-state index is -0.402. The molecule has 7 heteroatoms. The maximum Gasteiger partial charge on any atom is 0.376 e. The topological polar surface area (TPSA) is 42.8 Å². The Kier molecular flexibility index (Phi) is 6.67. The molecule has 2 fully saturated rings. The number of hydrogen-bond acceptors (Lipinski definition) is 5. The fourth-order valence-corrected chi connectivity index (χ4v) is 5.64. The van der Waals surface area contributed by atoms with Gasteiger partial charge in [0.05, 0.1) is 11.7 Å². The van der Waals surface area contributed by atoms with Crippen LogP contribution in [-0.2, 0) is 0 Å². The molecule has 1 aromatic carbocycles. The van der Waals surface area contributed by atoms with E-state index in [-0.39, 0.29) is 6.04 Å². The maximum absolute atomic E-state index is 10.0. The Labute approximate surface area is 196 Å². The minimum absolute atomic E-state index is 0.0877.